The Morgan fingerprint density at radius 2 is 2.05 bits per heavy atom. The molecule has 8 heteroatoms. The molecular formula is C12H16N2O5S. The van der Waals surface area contributed by atoms with Crippen molar-refractivity contribution in [3.8, 4) is 0 Å². The number of benzene rings is 1. The van der Waals surface area contributed by atoms with E-state index in [0.717, 1.165) is 6.42 Å². The molecule has 2 rings (SSSR count). The van der Waals surface area contributed by atoms with E-state index in [9.17, 15) is 18.5 Å². The molecular weight excluding hydrogens is 284 g/mol. The van der Waals surface area contributed by atoms with Crippen LogP contribution in [0.25, 0.3) is 0 Å². The molecule has 1 aliphatic heterocycles. The van der Waals surface area contributed by atoms with E-state index in [-0.39, 0.29) is 22.3 Å². The second-order valence-electron chi connectivity index (χ2n) is 4.82. The highest BCUT2D eigenvalue weighted by Crippen LogP contribution is 2.21. The highest BCUT2D eigenvalue weighted by molar-refractivity contribution is 7.91. The third-order valence-electron chi connectivity index (χ3n) is 3.39. The number of nitrogens with two attached hydrogens (primary N) is 1. The Morgan fingerprint density at radius 1 is 1.40 bits per heavy atom. The van der Waals surface area contributed by atoms with Gasteiger partial charge in [0.15, 0.2) is 9.84 Å². The Hall–Kier alpha value is -1.51. The number of ether oxygens (including phenoxy) is 1. The Morgan fingerprint density at radius 3 is 2.55 bits per heavy atom. The number of non-ortho nitro benzene ring substituents is 1. The minimum atomic E-state index is -3.54. The van der Waals surface area contributed by atoms with Crippen molar-refractivity contribution in [3.63, 3.8) is 0 Å². The van der Waals surface area contributed by atoms with Gasteiger partial charge in [0.25, 0.3) is 5.69 Å². The molecule has 1 aromatic rings. The molecule has 7 nitrogen and oxygen atoms in total. The lowest BCUT2D eigenvalue weighted by molar-refractivity contribution is -0.384. The van der Waals surface area contributed by atoms with Gasteiger partial charge in [0.1, 0.15) is 0 Å². The lowest BCUT2D eigenvalue weighted by Gasteiger charge is -2.17. The SMILES string of the molecule is NC(CS(=O)(=O)c1ccc([N+](=O)[O-])cc1)C1CCOC1. The van der Waals surface area contributed by atoms with Gasteiger partial charge in [-0.1, -0.05) is 0 Å². The van der Waals surface area contributed by atoms with Gasteiger partial charge in [0, 0.05) is 30.7 Å². The second kappa shape index (κ2) is 5.86. The van der Waals surface area contributed by atoms with Gasteiger partial charge in [0.2, 0.25) is 0 Å². The molecule has 0 radical (unpaired) electrons. The first-order valence-corrected chi connectivity index (χ1v) is 7.86. The molecule has 110 valence electrons. The third-order valence-corrected chi connectivity index (χ3v) is 5.20. The Labute approximate surface area is 116 Å². The standard InChI is InChI=1S/C12H16N2O5S/c13-12(9-5-6-19-7-9)8-20(17,18)11-3-1-10(2-4-11)14(15)16/h1-4,9,12H,5-8,13H2. The summed E-state index contributed by atoms with van der Waals surface area (Å²) in [6.45, 7) is 1.09. The van der Waals surface area contributed by atoms with Crippen LogP contribution in [0.4, 0.5) is 5.69 Å². The zero-order valence-corrected chi connectivity index (χ0v) is 11.6. The third kappa shape index (κ3) is 3.33. The molecule has 1 aromatic carbocycles. The van der Waals surface area contributed by atoms with Crippen LogP contribution in [-0.4, -0.2) is 38.3 Å². The van der Waals surface area contributed by atoms with E-state index in [1.165, 1.54) is 24.3 Å². The highest BCUT2D eigenvalue weighted by Gasteiger charge is 2.28. The predicted molar refractivity (Wildman–Crippen MR) is 72.1 cm³/mol. The van der Waals surface area contributed by atoms with Crippen molar-refractivity contribution < 1.29 is 18.1 Å². The molecule has 2 N–H and O–H groups in total. The summed E-state index contributed by atoms with van der Waals surface area (Å²) in [5, 5.41) is 10.5. The molecule has 1 heterocycles. The lowest BCUT2D eigenvalue weighted by atomic mass is 10.0. The van der Waals surface area contributed by atoms with Crippen molar-refractivity contribution >= 4 is 15.5 Å². The Kier molecular flexibility index (Phi) is 4.36. The van der Waals surface area contributed by atoms with Gasteiger partial charge in [-0.3, -0.25) is 10.1 Å². The number of nitro benzene ring substituents is 1. The zero-order chi connectivity index (χ0) is 14.8. The molecule has 1 aliphatic rings. The molecule has 2 unspecified atom stereocenters. The van der Waals surface area contributed by atoms with E-state index in [2.05, 4.69) is 0 Å². The molecule has 2 atom stereocenters. The van der Waals surface area contributed by atoms with Crippen LogP contribution in [0, 0.1) is 16.0 Å². The summed E-state index contributed by atoms with van der Waals surface area (Å²) in [5.74, 6) is -0.137. The van der Waals surface area contributed by atoms with Crippen molar-refractivity contribution in [2.75, 3.05) is 19.0 Å². The zero-order valence-electron chi connectivity index (χ0n) is 10.8. The Bertz CT molecular complexity index is 578. The first-order valence-electron chi connectivity index (χ1n) is 6.21. The Balaban J connectivity index is 2.11. The van der Waals surface area contributed by atoms with Crippen molar-refractivity contribution in [1.82, 2.24) is 0 Å². The van der Waals surface area contributed by atoms with Crippen LogP contribution in [0.2, 0.25) is 0 Å². The monoisotopic (exact) mass is 300 g/mol. The molecule has 1 saturated heterocycles. The summed E-state index contributed by atoms with van der Waals surface area (Å²) in [5.41, 5.74) is 5.77. The van der Waals surface area contributed by atoms with E-state index < -0.39 is 20.8 Å². The van der Waals surface area contributed by atoms with E-state index >= 15 is 0 Å². The number of nitrogens with zero attached hydrogens (tertiary/aromatic N) is 1. The molecule has 20 heavy (non-hydrogen) atoms. The largest absolute Gasteiger partial charge is 0.381 e. The first-order chi connectivity index (χ1) is 9.40. The molecule has 0 amide bonds. The normalized spacial score (nSPS) is 20.8. The smallest absolute Gasteiger partial charge is 0.269 e. The average molecular weight is 300 g/mol. The summed E-state index contributed by atoms with van der Waals surface area (Å²) in [7, 11) is -3.54. The fourth-order valence-corrected chi connectivity index (χ4v) is 3.67. The lowest BCUT2D eigenvalue weighted by Crippen LogP contribution is -2.37. The van der Waals surface area contributed by atoms with Crippen molar-refractivity contribution in [1.29, 1.82) is 0 Å². The summed E-state index contributed by atoms with van der Waals surface area (Å²) < 4.78 is 29.6. The van der Waals surface area contributed by atoms with Gasteiger partial charge in [-0.05, 0) is 18.6 Å². The fraction of sp³-hybridized carbons (Fsp3) is 0.500. The first kappa shape index (κ1) is 14.9. The molecule has 0 bridgehead atoms. The molecule has 0 aromatic heterocycles. The number of rotatable bonds is 5. The molecule has 1 fully saturated rings. The van der Waals surface area contributed by atoms with E-state index in [4.69, 9.17) is 10.5 Å². The summed E-state index contributed by atoms with van der Waals surface area (Å²) in [4.78, 5) is 10.0. The van der Waals surface area contributed by atoms with Crippen LogP contribution in [0.1, 0.15) is 6.42 Å². The maximum atomic E-state index is 12.2. The van der Waals surface area contributed by atoms with Gasteiger partial charge < -0.3 is 10.5 Å². The van der Waals surface area contributed by atoms with Crippen LogP contribution in [-0.2, 0) is 14.6 Å². The number of hydrogen-bond donors (Lipinski definition) is 1. The van der Waals surface area contributed by atoms with E-state index in [1.54, 1.807) is 0 Å². The second-order valence-corrected chi connectivity index (χ2v) is 6.85. The van der Waals surface area contributed by atoms with Gasteiger partial charge in [-0.25, -0.2) is 8.42 Å². The molecule has 0 spiro atoms. The summed E-state index contributed by atoms with van der Waals surface area (Å²) in [6, 6.07) is 4.35. The quantitative estimate of drug-likeness (QED) is 0.633. The number of nitro groups is 1. The van der Waals surface area contributed by atoms with Crippen LogP contribution >= 0.6 is 0 Å². The predicted octanol–water partition coefficient (Wildman–Crippen LogP) is 0.732. The summed E-state index contributed by atoms with van der Waals surface area (Å²) in [6.07, 6.45) is 0.761. The maximum Gasteiger partial charge on any atom is 0.269 e. The number of sulfone groups is 1. The van der Waals surface area contributed by atoms with Crippen LogP contribution in [0.15, 0.2) is 29.2 Å². The van der Waals surface area contributed by atoms with E-state index in [0.29, 0.717) is 13.2 Å². The van der Waals surface area contributed by atoms with Gasteiger partial charge in [0.05, 0.1) is 22.2 Å². The minimum absolute atomic E-state index is 0.0443. The maximum absolute atomic E-state index is 12.2. The average Bonchev–Trinajstić information content (AvgIpc) is 2.92. The van der Waals surface area contributed by atoms with E-state index in [1.807, 2.05) is 0 Å². The highest BCUT2D eigenvalue weighted by atomic mass is 32.2. The van der Waals surface area contributed by atoms with Crippen molar-refractivity contribution in [3.05, 3.63) is 34.4 Å². The molecule has 0 saturated carbocycles. The fourth-order valence-electron chi connectivity index (χ4n) is 2.15. The minimum Gasteiger partial charge on any atom is -0.381 e. The van der Waals surface area contributed by atoms with Crippen molar-refractivity contribution in [2.45, 2.75) is 17.4 Å². The van der Waals surface area contributed by atoms with Crippen LogP contribution in [0.3, 0.4) is 0 Å². The number of hydrogen-bond acceptors (Lipinski definition) is 6. The van der Waals surface area contributed by atoms with Gasteiger partial charge in [-0.2, -0.15) is 0 Å². The summed E-state index contributed by atoms with van der Waals surface area (Å²) >= 11 is 0. The van der Waals surface area contributed by atoms with Gasteiger partial charge in [-0.15, -0.1) is 0 Å². The topological polar surface area (TPSA) is 113 Å². The molecule has 0 aliphatic carbocycles. The van der Waals surface area contributed by atoms with Crippen LogP contribution < -0.4 is 5.73 Å². The van der Waals surface area contributed by atoms with Gasteiger partial charge >= 0.3 is 0 Å². The van der Waals surface area contributed by atoms with Crippen molar-refractivity contribution in [2.24, 2.45) is 11.7 Å². The van der Waals surface area contributed by atoms with Crippen LogP contribution in [0.5, 0.6) is 0 Å².